The Morgan fingerprint density at radius 1 is 0.396 bits per heavy atom. The average Bonchev–Trinajstić information content (AvgIpc) is 3.80. The Hall–Kier alpha value is -6.44. The Morgan fingerprint density at radius 3 is 1.81 bits per heavy atom. The van der Waals surface area contributed by atoms with Crippen LogP contribution in [-0.4, -0.2) is 4.57 Å². The monoisotopic (exact) mass is 675 g/mol. The number of hydrogen-bond donors (Lipinski definition) is 0. The van der Waals surface area contributed by atoms with E-state index in [9.17, 15) is 0 Å². The molecule has 0 fully saturated rings. The third-order valence-electron chi connectivity index (χ3n) is 12.1. The van der Waals surface area contributed by atoms with E-state index in [4.69, 9.17) is 0 Å². The van der Waals surface area contributed by atoms with Crippen molar-refractivity contribution in [2.45, 2.75) is 25.2 Å². The van der Waals surface area contributed by atoms with Crippen molar-refractivity contribution >= 4 is 21.8 Å². The van der Waals surface area contributed by atoms with E-state index in [2.05, 4.69) is 200 Å². The Kier molecular flexibility index (Phi) is 6.43. The van der Waals surface area contributed by atoms with E-state index in [1.165, 1.54) is 99.8 Å². The highest BCUT2D eigenvalue weighted by molar-refractivity contribution is 6.12. The van der Waals surface area contributed by atoms with Gasteiger partial charge in [-0.3, -0.25) is 0 Å². The minimum absolute atomic E-state index is 0.0637. The van der Waals surface area contributed by atoms with Crippen LogP contribution in [0.4, 0.5) is 0 Å². The molecule has 1 heterocycles. The molecule has 2 aliphatic carbocycles. The lowest BCUT2D eigenvalue weighted by atomic mass is 9.82. The fourth-order valence-electron chi connectivity index (χ4n) is 9.49. The Morgan fingerprint density at radius 2 is 1.00 bits per heavy atom. The lowest BCUT2D eigenvalue weighted by Crippen LogP contribution is -2.14. The zero-order valence-corrected chi connectivity index (χ0v) is 29.8. The van der Waals surface area contributed by atoms with E-state index < -0.39 is 0 Å². The third kappa shape index (κ3) is 4.44. The second-order valence-electron chi connectivity index (χ2n) is 15.3. The summed E-state index contributed by atoms with van der Waals surface area (Å²) in [4.78, 5) is 0. The topological polar surface area (TPSA) is 4.93 Å². The fourth-order valence-corrected chi connectivity index (χ4v) is 9.49. The molecule has 0 radical (unpaired) electrons. The molecule has 53 heavy (non-hydrogen) atoms. The predicted octanol–water partition coefficient (Wildman–Crippen LogP) is 13.6. The number of rotatable bonds is 4. The second kappa shape index (κ2) is 11.3. The predicted molar refractivity (Wildman–Crippen MR) is 222 cm³/mol. The molecule has 11 rings (SSSR count). The number of nitrogens with zero attached hydrogens (tertiary/aromatic N) is 1. The third-order valence-corrected chi connectivity index (χ3v) is 12.1. The number of aromatic nitrogens is 1. The maximum absolute atomic E-state index is 2.47. The quantitative estimate of drug-likeness (QED) is 0.175. The zero-order valence-electron chi connectivity index (χ0n) is 29.8. The maximum atomic E-state index is 2.47. The van der Waals surface area contributed by atoms with E-state index in [-0.39, 0.29) is 11.3 Å². The molecule has 1 heteroatoms. The summed E-state index contributed by atoms with van der Waals surface area (Å²) in [5.41, 5.74) is 20.8. The van der Waals surface area contributed by atoms with Gasteiger partial charge in [-0.15, -0.1) is 0 Å². The van der Waals surface area contributed by atoms with Crippen LogP contribution >= 0.6 is 0 Å². The summed E-state index contributed by atoms with van der Waals surface area (Å²) < 4.78 is 2.46. The Balaban J connectivity index is 1.07. The van der Waals surface area contributed by atoms with Gasteiger partial charge >= 0.3 is 0 Å². The first-order valence-corrected chi connectivity index (χ1v) is 18.7. The summed E-state index contributed by atoms with van der Waals surface area (Å²) in [5.74, 6) is 0.209. The van der Waals surface area contributed by atoms with Gasteiger partial charge in [0.1, 0.15) is 0 Å². The van der Waals surface area contributed by atoms with E-state index in [0.29, 0.717) is 0 Å². The van der Waals surface area contributed by atoms with Crippen molar-refractivity contribution in [3.05, 3.63) is 210 Å². The van der Waals surface area contributed by atoms with E-state index >= 15 is 0 Å². The zero-order chi connectivity index (χ0) is 35.3. The highest BCUT2D eigenvalue weighted by Crippen LogP contribution is 2.52. The number of hydrogen-bond acceptors (Lipinski definition) is 0. The van der Waals surface area contributed by atoms with Gasteiger partial charge in [-0.1, -0.05) is 153 Å². The number of fused-ring (bicyclic) bond motifs is 9. The van der Waals surface area contributed by atoms with Crippen molar-refractivity contribution in [1.29, 1.82) is 0 Å². The van der Waals surface area contributed by atoms with Crippen molar-refractivity contribution in [2.24, 2.45) is 0 Å². The van der Waals surface area contributed by atoms with Gasteiger partial charge in [0.25, 0.3) is 0 Å². The molecule has 9 aromatic rings. The summed E-state index contributed by atoms with van der Waals surface area (Å²) >= 11 is 0. The number of benzene rings is 8. The summed E-state index contributed by atoms with van der Waals surface area (Å²) in [5, 5.41) is 2.58. The van der Waals surface area contributed by atoms with Crippen molar-refractivity contribution < 1.29 is 0 Å². The lowest BCUT2D eigenvalue weighted by molar-refractivity contribution is 0.661. The van der Waals surface area contributed by atoms with Gasteiger partial charge in [-0.05, 0) is 115 Å². The van der Waals surface area contributed by atoms with Crippen LogP contribution in [0.1, 0.15) is 47.6 Å². The first kappa shape index (κ1) is 30.2. The molecule has 1 unspecified atom stereocenters. The van der Waals surface area contributed by atoms with Crippen molar-refractivity contribution in [1.82, 2.24) is 4.57 Å². The minimum atomic E-state index is -0.0637. The highest BCUT2D eigenvalue weighted by atomic mass is 15.0. The molecule has 0 aliphatic heterocycles. The van der Waals surface area contributed by atoms with Gasteiger partial charge in [0.05, 0.1) is 11.0 Å². The second-order valence-corrected chi connectivity index (χ2v) is 15.3. The molecule has 250 valence electrons. The molecule has 0 saturated carbocycles. The lowest BCUT2D eigenvalue weighted by Gasteiger charge is -2.21. The van der Waals surface area contributed by atoms with Gasteiger partial charge in [0.2, 0.25) is 0 Å². The molecule has 0 bridgehead atoms. The minimum Gasteiger partial charge on any atom is -0.309 e. The largest absolute Gasteiger partial charge is 0.309 e. The van der Waals surface area contributed by atoms with Gasteiger partial charge < -0.3 is 4.57 Å². The molecule has 1 nitrogen and oxygen atoms in total. The first-order chi connectivity index (χ1) is 26.0. The fraction of sp³-hybridized carbons (Fsp3) is 0.0769. The molecule has 0 amide bonds. The van der Waals surface area contributed by atoms with E-state index in [1.807, 2.05) is 0 Å². The van der Waals surface area contributed by atoms with E-state index in [0.717, 1.165) is 0 Å². The first-order valence-electron chi connectivity index (χ1n) is 18.7. The van der Waals surface area contributed by atoms with Gasteiger partial charge in [-0.2, -0.15) is 0 Å². The van der Waals surface area contributed by atoms with Gasteiger partial charge in [0, 0.05) is 27.8 Å². The average molecular weight is 676 g/mol. The van der Waals surface area contributed by atoms with Crippen LogP contribution in [0.15, 0.2) is 182 Å². The molecule has 2 aliphatic rings. The van der Waals surface area contributed by atoms with Crippen LogP contribution in [-0.2, 0) is 5.41 Å². The van der Waals surface area contributed by atoms with Crippen LogP contribution in [0.25, 0.3) is 72.0 Å². The molecule has 1 aromatic heterocycles. The van der Waals surface area contributed by atoms with Gasteiger partial charge in [0.15, 0.2) is 0 Å². The number of para-hydroxylation sites is 1. The van der Waals surface area contributed by atoms with E-state index in [1.54, 1.807) is 0 Å². The standard InChI is InChI=1S/C52H37N/c1-52(2)47-20-12-11-18-40(47)44-31-46-45-30-37(26-28-49(45)53(50(46)32-48(44)52)38-15-7-4-8-16-38)36-25-27-42-43(29-36)39-17-9-10-19-41(39)51(42)35-23-21-34(22-24-35)33-13-5-3-6-14-33/h3-32,51H,1-2H3. The summed E-state index contributed by atoms with van der Waals surface area (Å²) in [6.45, 7) is 4.74. The normalized spacial score (nSPS) is 14.9. The SMILES string of the molecule is CC1(C)c2ccccc2-c2cc3c4cc(-c5ccc6c(c5)-c5ccccc5C6c5ccc(-c6ccccc6)cc5)ccc4n(-c4ccccc4)c3cc21. The molecule has 1 atom stereocenters. The maximum Gasteiger partial charge on any atom is 0.0544 e. The van der Waals surface area contributed by atoms with Gasteiger partial charge in [-0.25, -0.2) is 0 Å². The molecule has 8 aromatic carbocycles. The van der Waals surface area contributed by atoms with Crippen LogP contribution in [0.2, 0.25) is 0 Å². The molecule has 0 N–H and O–H groups in total. The van der Waals surface area contributed by atoms with Crippen molar-refractivity contribution in [2.75, 3.05) is 0 Å². The Labute approximate surface area is 310 Å². The summed E-state index contributed by atoms with van der Waals surface area (Å²) in [7, 11) is 0. The molecule has 0 spiro atoms. The Bertz CT molecular complexity index is 2890. The van der Waals surface area contributed by atoms with Crippen molar-refractivity contribution in [3.8, 4) is 50.2 Å². The van der Waals surface area contributed by atoms with Crippen LogP contribution < -0.4 is 0 Å². The molecule has 0 saturated heterocycles. The van der Waals surface area contributed by atoms with Crippen LogP contribution in [0.5, 0.6) is 0 Å². The highest BCUT2D eigenvalue weighted by Gasteiger charge is 2.36. The smallest absolute Gasteiger partial charge is 0.0544 e. The van der Waals surface area contributed by atoms with Crippen LogP contribution in [0.3, 0.4) is 0 Å². The summed E-state index contributed by atoms with van der Waals surface area (Å²) in [6, 6.07) is 67.8. The van der Waals surface area contributed by atoms with Crippen LogP contribution in [0, 0.1) is 0 Å². The molecular weight excluding hydrogens is 639 g/mol. The van der Waals surface area contributed by atoms with Crippen molar-refractivity contribution in [3.63, 3.8) is 0 Å². The molecular formula is C52H37N. The summed E-state index contributed by atoms with van der Waals surface area (Å²) in [6.07, 6.45) is 0.